The molecule has 0 aliphatic carbocycles. The lowest BCUT2D eigenvalue weighted by Gasteiger charge is -2.11. The number of nitrogens with zero attached hydrogens (tertiary/aromatic N) is 2. The topological polar surface area (TPSA) is 100 Å². The Morgan fingerprint density at radius 3 is 2.60 bits per heavy atom. The van der Waals surface area contributed by atoms with E-state index in [1.807, 2.05) is 32.0 Å². The van der Waals surface area contributed by atoms with Crippen molar-refractivity contribution in [3.8, 4) is 5.75 Å². The second kappa shape index (κ2) is 9.31. The van der Waals surface area contributed by atoms with Crippen LogP contribution in [0.4, 0.5) is 22.1 Å². The quantitative estimate of drug-likeness (QED) is 0.549. The summed E-state index contributed by atoms with van der Waals surface area (Å²) >= 11 is 0. The molecule has 0 radical (unpaired) electrons. The number of anilines is 3. The fourth-order valence-electron chi connectivity index (χ4n) is 2.17. The number of methoxy groups -OCH3 is 1. The summed E-state index contributed by atoms with van der Waals surface area (Å²) in [6.45, 7) is 5.64. The van der Waals surface area contributed by atoms with E-state index >= 15 is 0 Å². The van der Waals surface area contributed by atoms with E-state index in [0.29, 0.717) is 30.4 Å². The van der Waals surface area contributed by atoms with E-state index in [-0.39, 0.29) is 6.03 Å². The highest BCUT2D eigenvalue weighted by molar-refractivity contribution is 5.89. The number of hydrogen-bond acceptors (Lipinski definition) is 6. The number of carbonyl (C=O) groups excluding carboxylic acids is 1. The average Bonchev–Trinajstić information content (AvgIpc) is 2.59. The Morgan fingerprint density at radius 1 is 1.12 bits per heavy atom. The Labute approximate surface area is 147 Å². The van der Waals surface area contributed by atoms with Gasteiger partial charge < -0.3 is 26.0 Å². The third kappa shape index (κ3) is 6.17. The van der Waals surface area contributed by atoms with Crippen molar-refractivity contribution in [2.75, 3.05) is 42.7 Å². The average molecular weight is 344 g/mol. The summed E-state index contributed by atoms with van der Waals surface area (Å²) in [6.07, 6.45) is 0. The predicted molar refractivity (Wildman–Crippen MR) is 99.4 cm³/mol. The van der Waals surface area contributed by atoms with Gasteiger partial charge in [0.1, 0.15) is 23.2 Å². The lowest BCUT2D eigenvalue weighted by Crippen LogP contribution is -2.32. The molecule has 0 saturated carbocycles. The molecular formula is C17H24N6O2. The van der Waals surface area contributed by atoms with Gasteiger partial charge in [-0.1, -0.05) is 6.07 Å². The van der Waals surface area contributed by atoms with Gasteiger partial charge in [0, 0.05) is 37.5 Å². The Balaban J connectivity index is 1.76. The molecule has 1 aromatic carbocycles. The smallest absolute Gasteiger partial charge is 0.319 e. The fourth-order valence-corrected chi connectivity index (χ4v) is 2.17. The van der Waals surface area contributed by atoms with Crippen molar-refractivity contribution in [1.29, 1.82) is 0 Å². The largest absolute Gasteiger partial charge is 0.497 e. The van der Waals surface area contributed by atoms with Crippen LogP contribution in [-0.4, -0.2) is 42.7 Å². The highest BCUT2D eigenvalue weighted by atomic mass is 16.5. The van der Waals surface area contributed by atoms with Gasteiger partial charge in [-0.15, -0.1) is 0 Å². The van der Waals surface area contributed by atoms with Crippen LogP contribution in [-0.2, 0) is 0 Å². The van der Waals surface area contributed by atoms with E-state index in [9.17, 15) is 4.79 Å². The van der Waals surface area contributed by atoms with Gasteiger partial charge in [0.25, 0.3) is 0 Å². The van der Waals surface area contributed by atoms with Crippen LogP contribution < -0.4 is 26.0 Å². The summed E-state index contributed by atoms with van der Waals surface area (Å²) in [6, 6.07) is 8.75. The molecular weight excluding hydrogens is 320 g/mol. The monoisotopic (exact) mass is 344 g/mol. The van der Waals surface area contributed by atoms with Gasteiger partial charge >= 0.3 is 6.03 Å². The Bertz CT molecular complexity index is 707. The van der Waals surface area contributed by atoms with Gasteiger partial charge in [-0.2, -0.15) is 0 Å². The molecule has 8 heteroatoms. The molecule has 0 aliphatic heterocycles. The number of aryl methyl sites for hydroxylation is 1. The van der Waals surface area contributed by atoms with Crippen LogP contribution in [0.2, 0.25) is 0 Å². The molecule has 0 saturated heterocycles. The van der Waals surface area contributed by atoms with Gasteiger partial charge in [-0.05, 0) is 26.0 Å². The van der Waals surface area contributed by atoms with Crippen LogP contribution in [0.3, 0.4) is 0 Å². The van der Waals surface area contributed by atoms with Crippen molar-refractivity contribution in [2.45, 2.75) is 13.8 Å². The lowest BCUT2D eigenvalue weighted by atomic mass is 10.3. The summed E-state index contributed by atoms with van der Waals surface area (Å²) in [7, 11) is 1.58. The van der Waals surface area contributed by atoms with E-state index < -0.39 is 0 Å². The number of amides is 2. The normalized spacial score (nSPS) is 10.0. The van der Waals surface area contributed by atoms with Crippen molar-refractivity contribution in [3.05, 3.63) is 36.2 Å². The number of hydrogen-bond donors (Lipinski definition) is 4. The van der Waals surface area contributed by atoms with Gasteiger partial charge in [-0.25, -0.2) is 14.8 Å². The molecule has 0 spiro atoms. The maximum Gasteiger partial charge on any atom is 0.319 e. The van der Waals surface area contributed by atoms with Gasteiger partial charge in [-0.3, -0.25) is 0 Å². The summed E-state index contributed by atoms with van der Waals surface area (Å²) in [4.78, 5) is 20.5. The molecule has 4 N–H and O–H groups in total. The first-order chi connectivity index (χ1) is 12.1. The van der Waals surface area contributed by atoms with Gasteiger partial charge in [0.15, 0.2) is 0 Å². The maximum absolute atomic E-state index is 11.9. The highest BCUT2D eigenvalue weighted by Gasteiger charge is 2.03. The first-order valence-corrected chi connectivity index (χ1v) is 8.13. The van der Waals surface area contributed by atoms with Crippen molar-refractivity contribution >= 4 is 23.4 Å². The number of carbonyl (C=O) groups is 1. The Hall–Kier alpha value is -3.03. The van der Waals surface area contributed by atoms with E-state index in [2.05, 4.69) is 31.2 Å². The van der Waals surface area contributed by atoms with Crippen molar-refractivity contribution in [3.63, 3.8) is 0 Å². The summed E-state index contributed by atoms with van der Waals surface area (Å²) in [5.41, 5.74) is 0.673. The molecule has 1 heterocycles. The Kier molecular flexibility index (Phi) is 6.82. The second-order valence-electron chi connectivity index (χ2n) is 5.26. The molecule has 8 nitrogen and oxygen atoms in total. The number of urea groups is 1. The molecule has 1 aromatic heterocycles. The standard InChI is InChI=1S/C17H24N6O2/c1-4-18-15-11-16(22-12(2)21-15)19-8-9-20-17(24)23-13-6-5-7-14(10-13)25-3/h5-7,10-11H,4,8-9H2,1-3H3,(H2,20,23,24)(H2,18,19,21,22). The third-order valence-electron chi connectivity index (χ3n) is 3.24. The number of aromatic nitrogens is 2. The fraction of sp³-hybridized carbons (Fsp3) is 0.353. The zero-order valence-electron chi connectivity index (χ0n) is 14.7. The molecule has 2 rings (SSSR count). The zero-order valence-corrected chi connectivity index (χ0v) is 14.7. The predicted octanol–water partition coefficient (Wildman–Crippen LogP) is 2.46. The molecule has 0 atom stereocenters. The van der Waals surface area contributed by atoms with Crippen LogP contribution in [0.5, 0.6) is 5.75 Å². The van der Waals surface area contributed by atoms with Crippen molar-refractivity contribution < 1.29 is 9.53 Å². The molecule has 0 bridgehead atoms. The van der Waals surface area contributed by atoms with Crippen LogP contribution in [0.25, 0.3) is 0 Å². The highest BCUT2D eigenvalue weighted by Crippen LogP contribution is 2.16. The minimum Gasteiger partial charge on any atom is -0.497 e. The molecule has 2 amide bonds. The summed E-state index contributed by atoms with van der Waals surface area (Å²) in [5.74, 6) is 2.87. The molecule has 2 aromatic rings. The Morgan fingerprint density at radius 2 is 1.88 bits per heavy atom. The summed E-state index contributed by atoms with van der Waals surface area (Å²) < 4.78 is 5.12. The van der Waals surface area contributed by atoms with Crippen molar-refractivity contribution in [2.24, 2.45) is 0 Å². The number of benzene rings is 1. The van der Waals surface area contributed by atoms with E-state index in [0.717, 1.165) is 18.2 Å². The first kappa shape index (κ1) is 18.3. The van der Waals surface area contributed by atoms with Crippen molar-refractivity contribution in [1.82, 2.24) is 15.3 Å². The second-order valence-corrected chi connectivity index (χ2v) is 5.26. The van der Waals surface area contributed by atoms with Crippen LogP contribution in [0.1, 0.15) is 12.7 Å². The van der Waals surface area contributed by atoms with E-state index in [1.54, 1.807) is 19.2 Å². The third-order valence-corrected chi connectivity index (χ3v) is 3.24. The minimum atomic E-state index is -0.276. The van der Waals surface area contributed by atoms with Gasteiger partial charge in [0.05, 0.1) is 7.11 Å². The van der Waals surface area contributed by atoms with E-state index in [1.165, 1.54) is 0 Å². The number of rotatable bonds is 8. The summed E-state index contributed by atoms with van der Waals surface area (Å²) in [5, 5.41) is 11.9. The van der Waals surface area contributed by atoms with Crippen LogP contribution in [0, 0.1) is 6.92 Å². The SMILES string of the molecule is CCNc1cc(NCCNC(=O)Nc2cccc(OC)c2)nc(C)n1. The minimum absolute atomic E-state index is 0.276. The molecule has 0 unspecified atom stereocenters. The number of ether oxygens (including phenoxy) is 1. The molecule has 134 valence electrons. The molecule has 25 heavy (non-hydrogen) atoms. The first-order valence-electron chi connectivity index (χ1n) is 8.13. The lowest BCUT2D eigenvalue weighted by molar-refractivity contribution is 0.252. The van der Waals surface area contributed by atoms with Crippen LogP contribution in [0.15, 0.2) is 30.3 Å². The maximum atomic E-state index is 11.9. The van der Waals surface area contributed by atoms with E-state index in [4.69, 9.17) is 4.74 Å². The number of nitrogens with one attached hydrogen (secondary N) is 4. The zero-order chi connectivity index (χ0) is 18.1. The van der Waals surface area contributed by atoms with Crippen LogP contribution >= 0.6 is 0 Å². The molecule has 0 aliphatic rings. The molecule has 0 fully saturated rings. The van der Waals surface area contributed by atoms with Gasteiger partial charge in [0.2, 0.25) is 0 Å².